The normalized spacial score (nSPS) is 30.1. The summed E-state index contributed by atoms with van der Waals surface area (Å²) in [6.07, 6.45) is 3.27. The van der Waals surface area contributed by atoms with Crippen molar-refractivity contribution in [2.45, 2.75) is 94.6 Å². The second-order valence-electron chi connectivity index (χ2n) is 10.4. The Morgan fingerprint density at radius 3 is 1.39 bits per heavy atom. The van der Waals surface area contributed by atoms with Crippen LogP contribution in [-0.4, -0.2) is 122 Å². The number of carboxylic acid groups (broad SMARTS) is 1. The van der Waals surface area contributed by atoms with Crippen LogP contribution >= 0.6 is 0 Å². The number of nitrogens with zero attached hydrogens (tertiary/aromatic N) is 4. The zero-order valence-corrected chi connectivity index (χ0v) is 20.8. The number of amides is 4. The molecule has 0 bridgehead atoms. The number of likely N-dealkylation sites (tertiary alicyclic amines) is 4. The zero-order valence-electron chi connectivity index (χ0n) is 20.8. The van der Waals surface area contributed by atoms with Gasteiger partial charge in [-0.3, -0.25) is 19.2 Å². The van der Waals surface area contributed by atoms with Crippen LogP contribution in [0, 0.1) is 0 Å². The van der Waals surface area contributed by atoms with Crippen molar-refractivity contribution in [3.63, 3.8) is 0 Å². The van der Waals surface area contributed by atoms with E-state index in [2.05, 4.69) is 0 Å². The van der Waals surface area contributed by atoms with E-state index in [1.165, 1.54) is 26.5 Å². The van der Waals surface area contributed by atoms with Crippen LogP contribution in [0.4, 0.5) is 0 Å². The number of aliphatic carboxylic acids is 1. The number of nitrogens with two attached hydrogens (primary N) is 1. The number of hydrogen-bond donors (Lipinski definition) is 3. The summed E-state index contributed by atoms with van der Waals surface area (Å²) in [5, 5.41) is 19.2. The van der Waals surface area contributed by atoms with E-state index in [9.17, 15) is 34.2 Å². The first kappa shape index (κ1) is 26.3. The first-order valence-electron chi connectivity index (χ1n) is 13.0. The number of rotatable bonds is 6. The van der Waals surface area contributed by atoms with Gasteiger partial charge in [-0.15, -0.1) is 0 Å². The van der Waals surface area contributed by atoms with Gasteiger partial charge in [0.2, 0.25) is 23.6 Å². The highest BCUT2D eigenvalue weighted by Crippen LogP contribution is 2.30. The number of carbonyl (C=O) groups is 5. The summed E-state index contributed by atoms with van der Waals surface area (Å²) >= 11 is 0. The van der Waals surface area contributed by atoms with Crippen LogP contribution in [-0.2, 0) is 24.0 Å². The summed E-state index contributed by atoms with van der Waals surface area (Å²) in [4.78, 5) is 70.7. The highest BCUT2D eigenvalue weighted by atomic mass is 16.4. The van der Waals surface area contributed by atoms with Crippen molar-refractivity contribution >= 4 is 29.6 Å². The Kier molecular flexibility index (Phi) is 7.84. The van der Waals surface area contributed by atoms with E-state index >= 15 is 0 Å². The maximum absolute atomic E-state index is 13.6. The minimum atomic E-state index is -1.12. The third-order valence-corrected chi connectivity index (χ3v) is 8.09. The van der Waals surface area contributed by atoms with E-state index in [0.717, 1.165) is 0 Å². The molecule has 0 aromatic rings. The van der Waals surface area contributed by atoms with Gasteiger partial charge in [-0.2, -0.15) is 0 Å². The van der Waals surface area contributed by atoms with Gasteiger partial charge in [-0.25, -0.2) is 4.79 Å². The first-order chi connectivity index (χ1) is 17.1. The van der Waals surface area contributed by atoms with Crippen LogP contribution in [0.3, 0.4) is 0 Å². The van der Waals surface area contributed by atoms with E-state index < -0.39 is 48.2 Å². The molecular weight excluding hydrogens is 470 g/mol. The van der Waals surface area contributed by atoms with Gasteiger partial charge in [0.15, 0.2) is 0 Å². The summed E-state index contributed by atoms with van der Waals surface area (Å²) in [5.41, 5.74) is 5.84. The van der Waals surface area contributed by atoms with Crippen molar-refractivity contribution in [2.24, 2.45) is 5.73 Å². The highest BCUT2D eigenvalue weighted by Gasteiger charge is 2.47. The van der Waals surface area contributed by atoms with Gasteiger partial charge in [0, 0.05) is 26.2 Å². The molecule has 4 heterocycles. The van der Waals surface area contributed by atoms with Crippen molar-refractivity contribution in [3.05, 3.63) is 0 Å². The Bertz CT molecular complexity index is 911. The largest absolute Gasteiger partial charge is 0.480 e. The monoisotopic (exact) mass is 507 g/mol. The second kappa shape index (κ2) is 10.7. The Morgan fingerprint density at radius 1 is 0.667 bits per heavy atom. The van der Waals surface area contributed by atoms with Crippen LogP contribution in [0.1, 0.15) is 58.3 Å². The van der Waals surface area contributed by atoms with Crippen LogP contribution in [0.25, 0.3) is 0 Å². The molecule has 12 nitrogen and oxygen atoms in total. The minimum Gasteiger partial charge on any atom is -0.480 e. The molecule has 0 spiro atoms. The third kappa shape index (κ3) is 4.80. The molecule has 0 aromatic heterocycles. The standard InChI is InChI=1S/C24H37N5O7/c1-14(30)19(25)23(34)28-12-4-8-17(28)21(32)26-10-2-6-15(26)20(31)27-11-3-7-16(27)22(33)29-13-5-9-18(29)24(35)36/h14-19,30H,2-13,25H2,1H3,(H,35,36)/t14-,15+,16+,17+,18+,19+/m1/s1. The van der Waals surface area contributed by atoms with Crippen LogP contribution in [0.5, 0.6) is 0 Å². The molecule has 36 heavy (non-hydrogen) atoms. The maximum Gasteiger partial charge on any atom is 0.326 e. The van der Waals surface area contributed by atoms with Gasteiger partial charge < -0.3 is 35.5 Å². The fourth-order valence-corrected chi connectivity index (χ4v) is 6.12. The molecule has 4 rings (SSSR count). The molecule has 4 aliphatic rings. The van der Waals surface area contributed by atoms with Gasteiger partial charge in [-0.1, -0.05) is 0 Å². The number of carboxylic acids is 1. The molecule has 12 heteroatoms. The number of aliphatic hydroxyl groups excluding tert-OH is 1. The fourth-order valence-electron chi connectivity index (χ4n) is 6.12. The fraction of sp³-hybridized carbons (Fsp3) is 0.792. The topological polar surface area (TPSA) is 165 Å². The van der Waals surface area contributed by atoms with E-state index in [-0.39, 0.29) is 17.7 Å². The lowest BCUT2D eigenvalue weighted by molar-refractivity contribution is -0.154. The van der Waals surface area contributed by atoms with Crippen molar-refractivity contribution < 1.29 is 34.2 Å². The van der Waals surface area contributed by atoms with Crippen molar-refractivity contribution in [2.75, 3.05) is 26.2 Å². The second-order valence-corrected chi connectivity index (χ2v) is 10.4. The minimum absolute atomic E-state index is 0.292. The first-order valence-corrected chi connectivity index (χ1v) is 13.0. The van der Waals surface area contributed by atoms with Crippen molar-refractivity contribution in [3.8, 4) is 0 Å². The molecule has 4 saturated heterocycles. The molecule has 4 amide bonds. The molecule has 0 aliphatic carbocycles. The molecular formula is C24H37N5O7. The summed E-state index contributed by atoms with van der Waals surface area (Å²) in [5.74, 6) is -2.44. The third-order valence-electron chi connectivity index (χ3n) is 8.09. The summed E-state index contributed by atoms with van der Waals surface area (Å²) in [6.45, 7) is 2.93. The molecule has 4 fully saturated rings. The average molecular weight is 508 g/mol. The molecule has 0 unspecified atom stereocenters. The Morgan fingerprint density at radius 2 is 1.00 bits per heavy atom. The number of carbonyl (C=O) groups excluding carboxylic acids is 4. The Balaban J connectivity index is 1.47. The zero-order chi connectivity index (χ0) is 26.1. The molecule has 0 aromatic carbocycles. The van der Waals surface area contributed by atoms with Crippen molar-refractivity contribution in [1.29, 1.82) is 0 Å². The Hall–Kier alpha value is -2.73. The van der Waals surface area contributed by atoms with Gasteiger partial charge in [0.05, 0.1) is 6.10 Å². The number of hydrogen-bond acceptors (Lipinski definition) is 7. The SMILES string of the molecule is C[C@@H](O)[C@H](N)C(=O)N1CCC[C@H]1C(=O)N1CCC[C@H]1C(=O)N1CCC[C@H]1C(=O)N1CCC[C@H]1C(=O)O. The quantitative estimate of drug-likeness (QED) is 0.401. The predicted molar refractivity (Wildman–Crippen MR) is 126 cm³/mol. The van der Waals surface area contributed by atoms with Gasteiger partial charge >= 0.3 is 5.97 Å². The molecule has 6 atom stereocenters. The van der Waals surface area contributed by atoms with Gasteiger partial charge in [0.25, 0.3) is 0 Å². The van der Waals surface area contributed by atoms with E-state index in [1.54, 1.807) is 0 Å². The number of aliphatic hydroxyl groups is 1. The summed E-state index contributed by atoms with van der Waals surface area (Å²) < 4.78 is 0. The smallest absolute Gasteiger partial charge is 0.326 e. The van der Waals surface area contributed by atoms with Crippen molar-refractivity contribution in [1.82, 2.24) is 19.6 Å². The maximum atomic E-state index is 13.6. The molecule has 0 radical (unpaired) electrons. The molecule has 200 valence electrons. The molecule has 4 N–H and O–H groups in total. The summed E-state index contributed by atoms with van der Waals surface area (Å²) in [6, 6.07) is -4.15. The molecule has 4 aliphatic heterocycles. The van der Waals surface area contributed by atoms with E-state index in [4.69, 9.17) is 5.73 Å². The van der Waals surface area contributed by atoms with Gasteiger partial charge in [0.1, 0.15) is 30.2 Å². The molecule has 0 saturated carbocycles. The Labute approximate surface area is 210 Å². The average Bonchev–Trinajstić information content (AvgIpc) is 3.67. The predicted octanol–water partition coefficient (Wildman–Crippen LogP) is -1.26. The lowest BCUT2D eigenvalue weighted by Crippen LogP contribution is -2.58. The van der Waals surface area contributed by atoms with Gasteiger partial charge in [-0.05, 0) is 58.3 Å². The highest BCUT2D eigenvalue weighted by molar-refractivity contribution is 5.96. The lowest BCUT2D eigenvalue weighted by Gasteiger charge is -2.35. The van der Waals surface area contributed by atoms with Crippen LogP contribution in [0.15, 0.2) is 0 Å². The van der Waals surface area contributed by atoms with E-state index in [1.807, 2.05) is 0 Å². The van der Waals surface area contributed by atoms with Crippen LogP contribution in [0.2, 0.25) is 0 Å². The van der Waals surface area contributed by atoms with E-state index in [0.29, 0.717) is 77.5 Å². The summed E-state index contributed by atoms with van der Waals surface area (Å²) in [7, 11) is 0. The lowest BCUT2D eigenvalue weighted by atomic mass is 10.1. The van der Waals surface area contributed by atoms with Crippen LogP contribution < -0.4 is 5.73 Å².